The molecule has 1 aliphatic heterocycles. The van der Waals surface area contributed by atoms with Gasteiger partial charge in [0.25, 0.3) is 0 Å². The number of rotatable bonds is 2. The molecule has 1 unspecified atom stereocenters. The van der Waals surface area contributed by atoms with Crippen LogP contribution in [0.4, 0.5) is 0 Å². The zero-order valence-electron chi connectivity index (χ0n) is 12.1. The maximum atomic E-state index is 12.3. The van der Waals surface area contributed by atoms with E-state index in [1.54, 1.807) is 12.1 Å². The lowest BCUT2D eigenvalue weighted by molar-refractivity contribution is 0.588. The number of hydrogen-bond acceptors (Lipinski definition) is 4. The van der Waals surface area contributed by atoms with E-state index < -0.39 is 0 Å². The van der Waals surface area contributed by atoms with Crippen molar-refractivity contribution in [1.29, 1.82) is 0 Å². The van der Waals surface area contributed by atoms with Gasteiger partial charge in [0.2, 0.25) is 0 Å². The molecule has 1 atom stereocenters. The highest BCUT2D eigenvalue weighted by Gasteiger charge is 2.27. The first-order chi connectivity index (χ1) is 11.2. The molecule has 23 heavy (non-hydrogen) atoms. The number of nitrogens with zero attached hydrogens (tertiary/aromatic N) is 1. The SMILES string of the molecule is O=c1cc(C2=NNCC2c2ccc(Cl)cc2)oc2ccccc12. The maximum absolute atomic E-state index is 12.3. The lowest BCUT2D eigenvalue weighted by atomic mass is 9.93. The molecule has 1 aliphatic rings. The first-order valence-corrected chi connectivity index (χ1v) is 7.69. The van der Waals surface area contributed by atoms with E-state index in [0.717, 1.165) is 11.3 Å². The molecule has 0 spiro atoms. The Labute approximate surface area is 137 Å². The average Bonchev–Trinajstić information content (AvgIpc) is 3.05. The third-order valence-electron chi connectivity index (χ3n) is 3.98. The zero-order valence-corrected chi connectivity index (χ0v) is 12.9. The molecule has 2 aromatic carbocycles. The van der Waals surface area contributed by atoms with Crippen LogP contribution in [0.3, 0.4) is 0 Å². The first kappa shape index (κ1) is 14.0. The summed E-state index contributed by atoms with van der Waals surface area (Å²) in [5, 5.41) is 5.60. The van der Waals surface area contributed by atoms with Crippen molar-refractivity contribution in [3.8, 4) is 0 Å². The Morgan fingerprint density at radius 2 is 1.91 bits per heavy atom. The van der Waals surface area contributed by atoms with Gasteiger partial charge in [-0.15, -0.1) is 0 Å². The summed E-state index contributed by atoms with van der Waals surface area (Å²) in [7, 11) is 0. The summed E-state index contributed by atoms with van der Waals surface area (Å²) in [5.74, 6) is 0.523. The van der Waals surface area contributed by atoms with Gasteiger partial charge in [0.15, 0.2) is 11.2 Å². The number of para-hydroxylation sites is 1. The van der Waals surface area contributed by atoms with Crippen LogP contribution in [0.1, 0.15) is 17.2 Å². The molecule has 4 nitrogen and oxygen atoms in total. The number of hydrogen-bond donors (Lipinski definition) is 1. The molecule has 0 fully saturated rings. The van der Waals surface area contributed by atoms with Gasteiger partial charge in [-0.05, 0) is 29.8 Å². The molecule has 0 aliphatic carbocycles. The first-order valence-electron chi connectivity index (χ1n) is 7.31. The smallest absolute Gasteiger partial charge is 0.193 e. The van der Waals surface area contributed by atoms with Crippen molar-refractivity contribution in [2.75, 3.05) is 6.54 Å². The Kier molecular flexibility index (Phi) is 3.39. The van der Waals surface area contributed by atoms with Gasteiger partial charge in [-0.25, -0.2) is 0 Å². The van der Waals surface area contributed by atoms with Crippen LogP contribution in [0, 0.1) is 0 Å². The van der Waals surface area contributed by atoms with Gasteiger partial charge in [-0.3, -0.25) is 4.79 Å². The predicted molar refractivity (Wildman–Crippen MR) is 91.2 cm³/mol. The highest BCUT2D eigenvalue weighted by Crippen LogP contribution is 2.26. The molecule has 0 radical (unpaired) electrons. The summed E-state index contributed by atoms with van der Waals surface area (Å²) in [5.41, 5.74) is 5.31. The lowest BCUT2D eigenvalue weighted by Crippen LogP contribution is -2.16. The van der Waals surface area contributed by atoms with E-state index in [2.05, 4.69) is 10.5 Å². The maximum Gasteiger partial charge on any atom is 0.193 e. The van der Waals surface area contributed by atoms with E-state index >= 15 is 0 Å². The fourth-order valence-electron chi connectivity index (χ4n) is 2.82. The fraction of sp³-hybridized carbons (Fsp3) is 0.111. The summed E-state index contributed by atoms with van der Waals surface area (Å²) in [6.45, 7) is 0.660. The second-order valence-electron chi connectivity index (χ2n) is 5.43. The molecule has 0 saturated carbocycles. The zero-order chi connectivity index (χ0) is 15.8. The van der Waals surface area contributed by atoms with Crippen LogP contribution in [0.2, 0.25) is 5.02 Å². The molecule has 0 bridgehead atoms. The van der Waals surface area contributed by atoms with E-state index in [1.807, 2.05) is 36.4 Å². The molecule has 5 heteroatoms. The van der Waals surface area contributed by atoms with Crippen molar-refractivity contribution in [2.24, 2.45) is 5.10 Å². The van der Waals surface area contributed by atoms with Crippen molar-refractivity contribution in [3.63, 3.8) is 0 Å². The summed E-state index contributed by atoms with van der Waals surface area (Å²) in [6.07, 6.45) is 0. The topological polar surface area (TPSA) is 54.6 Å². The van der Waals surface area contributed by atoms with Crippen LogP contribution in [0.25, 0.3) is 11.0 Å². The Hall–Kier alpha value is -2.59. The molecular weight excluding hydrogens is 312 g/mol. The highest BCUT2D eigenvalue weighted by atomic mass is 35.5. The van der Waals surface area contributed by atoms with Crippen molar-refractivity contribution in [2.45, 2.75) is 5.92 Å². The molecule has 4 rings (SSSR count). The summed E-state index contributed by atoms with van der Waals surface area (Å²) < 4.78 is 5.91. The normalized spacial score (nSPS) is 17.1. The van der Waals surface area contributed by atoms with E-state index in [9.17, 15) is 4.79 Å². The minimum atomic E-state index is -0.0636. The Morgan fingerprint density at radius 3 is 2.74 bits per heavy atom. The minimum Gasteiger partial charge on any atom is -0.454 e. The fourth-order valence-corrected chi connectivity index (χ4v) is 2.95. The van der Waals surface area contributed by atoms with Gasteiger partial charge in [0, 0.05) is 17.6 Å². The second-order valence-corrected chi connectivity index (χ2v) is 5.87. The van der Waals surface area contributed by atoms with Gasteiger partial charge in [0.05, 0.1) is 11.3 Å². The van der Waals surface area contributed by atoms with Crippen LogP contribution in [0.5, 0.6) is 0 Å². The Morgan fingerprint density at radius 1 is 1.13 bits per heavy atom. The number of fused-ring (bicyclic) bond motifs is 1. The number of benzene rings is 2. The highest BCUT2D eigenvalue weighted by molar-refractivity contribution is 6.30. The third kappa shape index (κ3) is 2.51. The van der Waals surface area contributed by atoms with Gasteiger partial charge in [-0.2, -0.15) is 5.10 Å². The summed E-state index contributed by atoms with van der Waals surface area (Å²) >= 11 is 5.95. The van der Waals surface area contributed by atoms with E-state index in [1.165, 1.54) is 6.07 Å². The van der Waals surface area contributed by atoms with Gasteiger partial charge >= 0.3 is 0 Å². The van der Waals surface area contributed by atoms with Crippen LogP contribution in [-0.4, -0.2) is 12.3 Å². The second kappa shape index (κ2) is 5.56. The molecule has 1 aromatic heterocycles. The van der Waals surface area contributed by atoms with E-state index in [0.29, 0.717) is 28.3 Å². The minimum absolute atomic E-state index is 0.0246. The van der Waals surface area contributed by atoms with Gasteiger partial charge in [0.1, 0.15) is 11.3 Å². The molecule has 0 amide bonds. The van der Waals surface area contributed by atoms with Crippen molar-refractivity contribution >= 4 is 28.3 Å². The number of nitrogens with one attached hydrogen (secondary N) is 1. The molecule has 2 heterocycles. The van der Waals surface area contributed by atoms with Gasteiger partial charge in [-0.1, -0.05) is 35.9 Å². The Balaban J connectivity index is 1.80. The van der Waals surface area contributed by atoms with E-state index in [-0.39, 0.29) is 11.3 Å². The summed E-state index contributed by atoms with van der Waals surface area (Å²) in [6, 6.07) is 16.4. The van der Waals surface area contributed by atoms with Crippen molar-refractivity contribution < 1.29 is 4.42 Å². The van der Waals surface area contributed by atoms with Crippen molar-refractivity contribution in [1.82, 2.24) is 5.43 Å². The lowest BCUT2D eigenvalue weighted by Gasteiger charge is -2.12. The van der Waals surface area contributed by atoms with Gasteiger partial charge < -0.3 is 9.84 Å². The number of halogens is 1. The monoisotopic (exact) mass is 324 g/mol. The molecule has 3 aromatic rings. The van der Waals surface area contributed by atoms with Crippen LogP contribution >= 0.6 is 11.6 Å². The number of hydrazone groups is 1. The Bertz CT molecular complexity index is 961. The molecular formula is C18H13ClN2O2. The molecule has 114 valence electrons. The van der Waals surface area contributed by atoms with Crippen LogP contribution < -0.4 is 10.9 Å². The van der Waals surface area contributed by atoms with E-state index in [4.69, 9.17) is 16.0 Å². The average molecular weight is 325 g/mol. The molecule has 1 N–H and O–H groups in total. The van der Waals surface area contributed by atoms with Crippen molar-refractivity contribution in [3.05, 3.63) is 81.2 Å². The van der Waals surface area contributed by atoms with Crippen LogP contribution in [0.15, 0.2) is 68.9 Å². The third-order valence-corrected chi connectivity index (χ3v) is 4.24. The largest absolute Gasteiger partial charge is 0.454 e. The standard InChI is InChI=1S/C18H13ClN2O2/c19-12-7-5-11(6-8-12)14-10-20-21-18(14)17-9-15(22)13-3-1-2-4-16(13)23-17/h1-9,14,20H,10H2. The summed E-state index contributed by atoms with van der Waals surface area (Å²) in [4.78, 5) is 12.3. The molecule has 0 saturated heterocycles. The quantitative estimate of drug-likeness (QED) is 0.784. The van der Waals surface area contributed by atoms with Crippen LogP contribution in [-0.2, 0) is 0 Å². The predicted octanol–water partition coefficient (Wildman–Crippen LogP) is 3.54.